The van der Waals surface area contributed by atoms with Gasteiger partial charge in [0, 0.05) is 6.20 Å². The van der Waals surface area contributed by atoms with Gasteiger partial charge in [-0.05, 0) is 6.92 Å². The third kappa shape index (κ3) is 1.76. The summed E-state index contributed by atoms with van der Waals surface area (Å²) < 4.78 is 24.8. The van der Waals surface area contributed by atoms with E-state index in [1.54, 1.807) is 6.07 Å². The predicted octanol–water partition coefficient (Wildman–Crippen LogP) is 2.85. The summed E-state index contributed by atoms with van der Waals surface area (Å²) in [5, 5.41) is 8.37. The highest BCUT2D eigenvalue weighted by atomic mass is 35.5. The van der Waals surface area contributed by atoms with Crippen LogP contribution in [0.1, 0.15) is 23.2 Å². The standard InChI is InChI=1S/C8H5ClF2N2/c1-4-7(9)6(8(10)11)5(2-12)3-13-4/h3,8H,1H3. The van der Waals surface area contributed by atoms with E-state index in [9.17, 15) is 8.78 Å². The first-order valence-electron chi connectivity index (χ1n) is 3.41. The van der Waals surface area contributed by atoms with Crippen molar-refractivity contribution in [3.63, 3.8) is 0 Å². The minimum Gasteiger partial charge on any atom is -0.259 e. The average molecular weight is 203 g/mol. The van der Waals surface area contributed by atoms with E-state index in [0.717, 1.165) is 6.20 Å². The molecule has 1 rings (SSSR count). The summed E-state index contributed by atoms with van der Waals surface area (Å²) in [6.45, 7) is 1.51. The van der Waals surface area contributed by atoms with Crippen LogP contribution in [0.3, 0.4) is 0 Å². The van der Waals surface area contributed by atoms with Gasteiger partial charge in [0.05, 0.1) is 21.8 Å². The number of pyridine rings is 1. The van der Waals surface area contributed by atoms with Crippen molar-refractivity contribution in [2.45, 2.75) is 13.3 Å². The Morgan fingerprint density at radius 3 is 2.69 bits per heavy atom. The number of aryl methyl sites for hydroxylation is 1. The highest BCUT2D eigenvalue weighted by molar-refractivity contribution is 6.32. The van der Waals surface area contributed by atoms with Crippen molar-refractivity contribution in [1.82, 2.24) is 4.98 Å². The third-order valence-electron chi connectivity index (χ3n) is 1.57. The summed E-state index contributed by atoms with van der Waals surface area (Å²) in [4.78, 5) is 3.70. The number of alkyl halides is 2. The van der Waals surface area contributed by atoms with Crippen molar-refractivity contribution in [1.29, 1.82) is 5.26 Å². The summed E-state index contributed by atoms with van der Waals surface area (Å²) in [5.41, 5.74) is -0.307. The van der Waals surface area contributed by atoms with Gasteiger partial charge in [0.25, 0.3) is 6.43 Å². The van der Waals surface area contributed by atoms with Gasteiger partial charge < -0.3 is 0 Å². The average Bonchev–Trinajstić information content (AvgIpc) is 2.08. The van der Waals surface area contributed by atoms with Gasteiger partial charge in [-0.1, -0.05) is 11.6 Å². The van der Waals surface area contributed by atoms with Gasteiger partial charge in [0.2, 0.25) is 0 Å². The lowest BCUT2D eigenvalue weighted by molar-refractivity contribution is 0.151. The first-order valence-corrected chi connectivity index (χ1v) is 3.79. The van der Waals surface area contributed by atoms with Crippen molar-refractivity contribution < 1.29 is 8.78 Å². The molecule has 0 aliphatic heterocycles. The van der Waals surface area contributed by atoms with Crippen LogP contribution in [0.25, 0.3) is 0 Å². The maximum atomic E-state index is 12.4. The number of hydrogen-bond acceptors (Lipinski definition) is 2. The largest absolute Gasteiger partial charge is 0.266 e. The molecule has 1 aromatic rings. The molecule has 0 unspecified atom stereocenters. The molecule has 13 heavy (non-hydrogen) atoms. The van der Waals surface area contributed by atoms with Crippen LogP contribution in [0.15, 0.2) is 6.20 Å². The van der Waals surface area contributed by atoms with Crippen molar-refractivity contribution in [3.05, 3.63) is 28.0 Å². The quantitative estimate of drug-likeness (QED) is 0.702. The predicted molar refractivity (Wildman–Crippen MR) is 43.7 cm³/mol. The van der Waals surface area contributed by atoms with E-state index in [1.807, 2.05) is 0 Å². The van der Waals surface area contributed by atoms with Crippen LogP contribution >= 0.6 is 11.6 Å². The topological polar surface area (TPSA) is 36.7 Å². The molecule has 0 atom stereocenters. The van der Waals surface area contributed by atoms with E-state index in [2.05, 4.69) is 4.98 Å². The lowest BCUT2D eigenvalue weighted by atomic mass is 10.1. The molecule has 5 heteroatoms. The fourth-order valence-corrected chi connectivity index (χ4v) is 1.14. The van der Waals surface area contributed by atoms with E-state index in [4.69, 9.17) is 16.9 Å². The molecule has 0 amide bonds. The van der Waals surface area contributed by atoms with Gasteiger partial charge >= 0.3 is 0 Å². The van der Waals surface area contributed by atoms with Crippen molar-refractivity contribution in [2.75, 3.05) is 0 Å². The number of rotatable bonds is 1. The second-order valence-corrected chi connectivity index (χ2v) is 2.78. The molecule has 2 nitrogen and oxygen atoms in total. The third-order valence-corrected chi connectivity index (χ3v) is 2.05. The minimum atomic E-state index is -2.75. The van der Waals surface area contributed by atoms with Crippen LogP contribution in [0.2, 0.25) is 5.02 Å². The molecule has 68 valence electrons. The zero-order valence-electron chi connectivity index (χ0n) is 6.68. The Kier molecular flexibility index (Phi) is 2.79. The number of nitrogens with zero attached hydrogens (tertiary/aromatic N) is 2. The molecule has 0 spiro atoms. The minimum absolute atomic E-state index is 0.131. The molecule has 0 aliphatic rings. The van der Waals surface area contributed by atoms with Crippen molar-refractivity contribution in [3.8, 4) is 6.07 Å². The van der Waals surface area contributed by atoms with E-state index >= 15 is 0 Å². The van der Waals surface area contributed by atoms with Crippen LogP contribution in [0.5, 0.6) is 0 Å². The highest BCUT2D eigenvalue weighted by Gasteiger charge is 2.19. The van der Waals surface area contributed by atoms with E-state index in [0.29, 0.717) is 5.69 Å². The smallest absolute Gasteiger partial charge is 0.259 e. The number of aromatic nitrogens is 1. The van der Waals surface area contributed by atoms with E-state index in [1.165, 1.54) is 6.92 Å². The van der Waals surface area contributed by atoms with E-state index in [-0.39, 0.29) is 10.6 Å². The fraction of sp³-hybridized carbons (Fsp3) is 0.250. The molecule has 0 bridgehead atoms. The van der Waals surface area contributed by atoms with Crippen LogP contribution in [-0.4, -0.2) is 4.98 Å². The molecular weight excluding hydrogens is 198 g/mol. The normalized spacial score (nSPS) is 10.2. The zero-order valence-corrected chi connectivity index (χ0v) is 7.44. The van der Waals surface area contributed by atoms with Crippen molar-refractivity contribution in [2.24, 2.45) is 0 Å². The monoisotopic (exact) mass is 202 g/mol. The second kappa shape index (κ2) is 3.67. The first-order chi connectivity index (χ1) is 6.07. The molecule has 0 aliphatic carbocycles. The van der Waals surface area contributed by atoms with Gasteiger partial charge in [-0.2, -0.15) is 5.26 Å². The molecule has 1 aromatic heterocycles. The maximum absolute atomic E-state index is 12.4. The molecule has 0 radical (unpaired) electrons. The molecule has 0 N–H and O–H groups in total. The van der Waals surface area contributed by atoms with Gasteiger partial charge in [-0.15, -0.1) is 0 Å². The maximum Gasteiger partial charge on any atom is 0.266 e. The Balaban J connectivity index is 3.43. The Labute approximate surface area is 78.8 Å². The van der Waals surface area contributed by atoms with Crippen LogP contribution < -0.4 is 0 Å². The highest BCUT2D eigenvalue weighted by Crippen LogP contribution is 2.30. The Morgan fingerprint density at radius 1 is 1.62 bits per heavy atom. The fourth-order valence-electron chi connectivity index (χ4n) is 0.903. The zero-order chi connectivity index (χ0) is 10.0. The van der Waals surface area contributed by atoms with Gasteiger partial charge in [-0.25, -0.2) is 8.78 Å². The summed E-state index contributed by atoms with van der Waals surface area (Å²) in [6.07, 6.45) is -1.65. The molecular formula is C8H5ClF2N2. The van der Waals surface area contributed by atoms with Crippen LogP contribution in [-0.2, 0) is 0 Å². The molecule has 0 aromatic carbocycles. The molecule has 0 saturated heterocycles. The summed E-state index contributed by atoms with van der Waals surface area (Å²) in [6, 6.07) is 1.62. The van der Waals surface area contributed by atoms with Gasteiger partial charge in [-0.3, -0.25) is 4.98 Å². The summed E-state index contributed by atoms with van der Waals surface area (Å²) >= 11 is 5.58. The Bertz CT molecular complexity index is 371. The van der Waals surface area contributed by atoms with Crippen LogP contribution in [0, 0.1) is 18.3 Å². The molecule has 0 fully saturated rings. The lowest BCUT2D eigenvalue weighted by Crippen LogP contribution is -1.96. The van der Waals surface area contributed by atoms with Gasteiger partial charge in [0.1, 0.15) is 6.07 Å². The first kappa shape index (κ1) is 9.87. The summed E-state index contributed by atoms with van der Waals surface area (Å²) in [5.74, 6) is 0. The van der Waals surface area contributed by atoms with Gasteiger partial charge in [0.15, 0.2) is 0 Å². The molecule has 0 saturated carbocycles. The Morgan fingerprint density at radius 2 is 2.23 bits per heavy atom. The Hall–Kier alpha value is -1.21. The number of halogens is 3. The molecule has 1 heterocycles. The number of nitriles is 1. The van der Waals surface area contributed by atoms with Crippen molar-refractivity contribution >= 4 is 11.6 Å². The summed E-state index contributed by atoms with van der Waals surface area (Å²) in [7, 11) is 0. The lowest BCUT2D eigenvalue weighted by Gasteiger charge is -2.06. The SMILES string of the molecule is Cc1ncc(C#N)c(C(F)F)c1Cl. The van der Waals surface area contributed by atoms with E-state index < -0.39 is 12.0 Å². The number of hydrogen-bond donors (Lipinski definition) is 0. The second-order valence-electron chi connectivity index (χ2n) is 2.40. The van der Waals surface area contributed by atoms with Crippen LogP contribution in [0.4, 0.5) is 8.78 Å².